The van der Waals surface area contributed by atoms with Crippen LogP contribution >= 0.6 is 0 Å². The number of hydrogen-bond acceptors (Lipinski definition) is 6. The van der Waals surface area contributed by atoms with E-state index in [1.165, 1.54) is 31.4 Å². The lowest BCUT2D eigenvalue weighted by Crippen LogP contribution is -2.60. The molecule has 1 amide bonds. The first-order chi connectivity index (χ1) is 19.2. The zero-order valence-corrected chi connectivity index (χ0v) is 21.7. The summed E-state index contributed by atoms with van der Waals surface area (Å²) in [6.45, 7) is 0. The van der Waals surface area contributed by atoms with Crippen molar-refractivity contribution in [1.82, 2.24) is 4.98 Å². The van der Waals surface area contributed by atoms with Crippen molar-refractivity contribution in [2.24, 2.45) is 11.8 Å². The standard InChI is InChI=1S/C29H29F3N4O4/c1-40-26(17-7-10-19(30)11-8-17)29(35-22-13-20(31)21(32)14-23(22)36-29)25(16-5-3-2-4-6-16)27(37)34-24-12-9-18(15-33-24)28(38)39/h7-16,25-26,35-36H,2-6H2,1H3,(H,38,39)(H,33,34,37). The van der Waals surface area contributed by atoms with Gasteiger partial charge < -0.3 is 25.8 Å². The van der Waals surface area contributed by atoms with Gasteiger partial charge in [0.25, 0.3) is 0 Å². The van der Waals surface area contributed by atoms with Gasteiger partial charge in [-0.15, -0.1) is 0 Å². The molecule has 210 valence electrons. The Bertz CT molecular complexity index is 1360. The molecule has 5 rings (SSSR count). The molecule has 2 heterocycles. The minimum absolute atomic E-state index is 0.0346. The lowest BCUT2D eigenvalue weighted by Gasteiger charge is -2.46. The Morgan fingerprint density at radius 3 is 2.15 bits per heavy atom. The van der Waals surface area contributed by atoms with Crippen molar-refractivity contribution >= 4 is 29.1 Å². The molecule has 0 spiro atoms. The van der Waals surface area contributed by atoms with E-state index < -0.39 is 47.0 Å². The molecule has 1 aliphatic heterocycles. The Morgan fingerprint density at radius 1 is 1.00 bits per heavy atom. The largest absolute Gasteiger partial charge is 0.478 e. The van der Waals surface area contributed by atoms with Crippen molar-refractivity contribution in [3.63, 3.8) is 0 Å². The molecular formula is C29H29F3N4O4. The van der Waals surface area contributed by atoms with Crippen LogP contribution < -0.4 is 16.0 Å². The molecule has 11 heteroatoms. The average molecular weight is 555 g/mol. The monoisotopic (exact) mass is 554 g/mol. The summed E-state index contributed by atoms with van der Waals surface area (Å²) in [6.07, 6.45) is 4.46. The number of halogens is 3. The number of fused-ring (bicyclic) bond motifs is 1. The molecule has 2 atom stereocenters. The van der Waals surface area contributed by atoms with E-state index in [1.54, 1.807) is 12.1 Å². The fraction of sp³-hybridized carbons (Fsp3) is 0.345. The lowest BCUT2D eigenvalue weighted by atomic mass is 9.70. The number of nitrogens with one attached hydrogen (secondary N) is 3. The van der Waals surface area contributed by atoms with E-state index in [0.29, 0.717) is 18.4 Å². The van der Waals surface area contributed by atoms with Gasteiger partial charge in [0.15, 0.2) is 17.3 Å². The first kappa shape index (κ1) is 27.4. The van der Waals surface area contributed by atoms with Crippen LogP contribution in [0, 0.1) is 29.3 Å². The topological polar surface area (TPSA) is 113 Å². The molecule has 1 fully saturated rings. The quantitative estimate of drug-likeness (QED) is 0.272. The van der Waals surface area contributed by atoms with E-state index in [0.717, 1.165) is 37.6 Å². The predicted octanol–water partition coefficient (Wildman–Crippen LogP) is 5.95. The Balaban J connectivity index is 1.62. The van der Waals surface area contributed by atoms with Crippen LogP contribution in [0.2, 0.25) is 0 Å². The number of carbonyl (C=O) groups excluding carboxylic acids is 1. The third-order valence-electron chi connectivity index (χ3n) is 7.72. The highest BCUT2D eigenvalue weighted by Gasteiger charge is 2.56. The summed E-state index contributed by atoms with van der Waals surface area (Å²) in [5.74, 6) is -5.05. The van der Waals surface area contributed by atoms with Crippen LogP contribution in [0.5, 0.6) is 0 Å². The van der Waals surface area contributed by atoms with Crippen molar-refractivity contribution in [1.29, 1.82) is 0 Å². The summed E-state index contributed by atoms with van der Waals surface area (Å²) in [6, 6.07) is 10.4. The van der Waals surface area contributed by atoms with Crippen LogP contribution in [0.1, 0.15) is 54.1 Å². The second kappa shape index (κ2) is 11.2. The molecule has 1 saturated carbocycles. The number of rotatable bonds is 8. The number of anilines is 3. The van der Waals surface area contributed by atoms with Gasteiger partial charge in [0.1, 0.15) is 17.7 Å². The van der Waals surface area contributed by atoms with Gasteiger partial charge >= 0.3 is 5.97 Å². The van der Waals surface area contributed by atoms with Crippen LogP contribution in [0.15, 0.2) is 54.7 Å². The molecule has 0 bridgehead atoms. The Morgan fingerprint density at radius 2 is 1.62 bits per heavy atom. The summed E-state index contributed by atoms with van der Waals surface area (Å²) in [5, 5.41) is 18.6. The minimum atomic E-state index is -1.44. The van der Waals surface area contributed by atoms with Gasteiger partial charge in [0.05, 0.1) is 22.9 Å². The van der Waals surface area contributed by atoms with Gasteiger partial charge in [-0.3, -0.25) is 4.79 Å². The molecule has 1 aliphatic carbocycles. The van der Waals surface area contributed by atoms with E-state index in [9.17, 15) is 27.9 Å². The second-order valence-corrected chi connectivity index (χ2v) is 10.2. The first-order valence-electron chi connectivity index (χ1n) is 13.1. The molecule has 2 unspecified atom stereocenters. The third kappa shape index (κ3) is 5.21. The number of aromatic carboxylic acids is 1. The van der Waals surface area contributed by atoms with Crippen molar-refractivity contribution in [3.8, 4) is 0 Å². The molecule has 3 aromatic rings. The third-order valence-corrected chi connectivity index (χ3v) is 7.72. The van der Waals surface area contributed by atoms with Crippen LogP contribution in [0.3, 0.4) is 0 Å². The number of pyridine rings is 1. The zero-order valence-electron chi connectivity index (χ0n) is 21.7. The van der Waals surface area contributed by atoms with E-state index in [-0.39, 0.29) is 28.7 Å². The molecule has 0 saturated heterocycles. The van der Waals surface area contributed by atoms with E-state index in [2.05, 4.69) is 20.9 Å². The zero-order chi connectivity index (χ0) is 28.4. The van der Waals surface area contributed by atoms with E-state index in [1.807, 2.05) is 0 Å². The maximum absolute atomic E-state index is 14.3. The van der Waals surface area contributed by atoms with Crippen LogP contribution in [0.25, 0.3) is 0 Å². The molecular weight excluding hydrogens is 525 g/mol. The van der Waals surface area contributed by atoms with Gasteiger partial charge in [-0.25, -0.2) is 22.9 Å². The average Bonchev–Trinajstić information content (AvgIpc) is 3.29. The highest BCUT2D eigenvalue weighted by atomic mass is 19.2. The Hall–Kier alpha value is -4.12. The molecule has 4 N–H and O–H groups in total. The lowest BCUT2D eigenvalue weighted by molar-refractivity contribution is -0.126. The SMILES string of the molecule is COC(c1ccc(F)cc1)C1(C(C(=O)Nc2ccc(C(=O)O)cn2)C2CCCCC2)Nc2cc(F)c(F)cc2N1. The van der Waals surface area contributed by atoms with Crippen LogP contribution in [0.4, 0.5) is 30.4 Å². The van der Waals surface area contributed by atoms with Gasteiger partial charge in [-0.1, -0.05) is 31.4 Å². The van der Waals surface area contributed by atoms with Gasteiger partial charge in [0.2, 0.25) is 5.91 Å². The molecule has 40 heavy (non-hydrogen) atoms. The van der Waals surface area contributed by atoms with Crippen molar-refractivity contribution in [2.75, 3.05) is 23.1 Å². The van der Waals surface area contributed by atoms with Crippen molar-refractivity contribution in [3.05, 3.63) is 83.3 Å². The normalized spacial score (nSPS) is 17.7. The van der Waals surface area contributed by atoms with Crippen LogP contribution in [-0.2, 0) is 9.53 Å². The van der Waals surface area contributed by atoms with E-state index in [4.69, 9.17) is 4.74 Å². The Kier molecular flexibility index (Phi) is 7.66. The van der Waals surface area contributed by atoms with Gasteiger partial charge in [0, 0.05) is 25.4 Å². The number of methoxy groups -OCH3 is 1. The summed E-state index contributed by atoms with van der Waals surface area (Å²) in [7, 11) is 1.45. The van der Waals surface area contributed by atoms with Crippen molar-refractivity contribution < 1.29 is 32.6 Å². The molecule has 8 nitrogen and oxygen atoms in total. The van der Waals surface area contributed by atoms with Gasteiger partial charge in [-0.05, 0) is 48.6 Å². The van der Waals surface area contributed by atoms with E-state index >= 15 is 0 Å². The number of amides is 1. The molecule has 2 aromatic carbocycles. The predicted molar refractivity (Wildman–Crippen MR) is 142 cm³/mol. The number of benzene rings is 2. The highest BCUT2D eigenvalue weighted by molar-refractivity contribution is 5.95. The molecule has 0 radical (unpaired) electrons. The first-order valence-corrected chi connectivity index (χ1v) is 13.1. The Labute approximate surface area is 229 Å². The summed E-state index contributed by atoms with van der Waals surface area (Å²) in [4.78, 5) is 29.5. The molecule has 2 aliphatic rings. The maximum Gasteiger partial charge on any atom is 0.337 e. The fourth-order valence-corrected chi connectivity index (χ4v) is 5.96. The smallest absolute Gasteiger partial charge is 0.337 e. The summed E-state index contributed by atoms with van der Waals surface area (Å²) < 4.78 is 48.5. The fourth-order valence-electron chi connectivity index (χ4n) is 5.96. The number of carboxylic acids is 1. The van der Waals surface area contributed by atoms with Gasteiger partial charge in [-0.2, -0.15) is 0 Å². The van der Waals surface area contributed by atoms with Crippen LogP contribution in [-0.4, -0.2) is 34.7 Å². The molecule has 1 aromatic heterocycles. The number of nitrogens with zero attached hydrogens (tertiary/aromatic N) is 1. The number of aromatic nitrogens is 1. The number of hydrogen-bond donors (Lipinski definition) is 4. The highest BCUT2D eigenvalue weighted by Crippen LogP contribution is 2.50. The second-order valence-electron chi connectivity index (χ2n) is 10.2. The minimum Gasteiger partial charge on any atom is -0.478 e. The van der Waals surface area contributed by atoms with Crippen molar-refractivity contribution in [2.45, 2.75) is 43.9 Å². The summed E-state index contributed by atoms with van der Waals surface area (Å²) >= 11 is 0. The number of ether oxygens (including phenoxy) is 1. The number of carbonyl (C=O) groups is 2. The summed E-state index contributed by atoms with van der Waals surface area (Å²) in [5.41, 5.74) is -0.438. The maximum atomic E-state index is 14.3. The number of carboxylic acid groups (broad SMARTS) is 1.